The molecule has 1 atom stereocenters. The largest absolute Gasteiger partial charge is 0.489 e. The molecule has 0 spiro atoms. The Hall–Kier alpha value is -2.47. The van der Waals surface area contributed by atoms with E-state index in [0.717, 1.165) is 25.1 Å². The number of hydrogen-bond acceptors (Lipinski definition) is 4. The first-order valence-electron chi connectivity index (χ1n) is 8.32. The second kappa shape index (κ2) is 7.61. The SMILES string of the molecule is Cc1ccc(C(=O)Nc2cc(F)ccc2OC[C@H]2CCCO2)c(C)n1. The van der Waals surface area contributed by atoms with Gasteiger partial charge in [-0.1, -0.05) is 0 Å². The van der Waals surface area contributed by atoms with Gasteiger partial charge in [0.25, 0.3) is 5.91 Å². The highest BCUT2D eigenvalue weighted by molar-refractivity contribution is 6.05. The van der Waals surface area contributed by atoms with Crippen molar-refractivity contribution < 1.29 is 18.7 Å². The molecule has 0 radical (unpaired) electrons. The van der Waals surface area contributed by atoms with Crippen molar-refractivity contribution >= 4 is 11.6 Å². The van der Waals surface area contributed by atoms with Crippen molar-refractivity contribution in [3.05, 3.63) is 53.1 Å². The van der Waals surface area contributed by atoms with Crippen LogP contribution in [0.1, 0.15) is 34.6 Å². The van der Waals surface area contributed by atoms with Crippen molar-refractivity contribution in [3.63, 3.8) is 0 Å². The molecule has 1 aliphatic heterocycles. The predicted molar refractivity (Wildman–Crippen MR) is 92.5 cm³/mol. The zero-order valence-electron chi connectivity index (χ0n) is 14.3. The first kappa shape index (κ1) is 17.4. The summed E-state index contributed by atoms with van der Waals surface area (Å²) >= 11 is 0. The molecule has 0 saturated carbocycles. The molecule has 1 saturated heterocycles. The molecule has 25 heavy (non-hydrogen) atoms. The first-order chi connectivity index (χ1) is 12.0. The molecule has 5 nitrogen and oxygen atoms in total. The lowest BCUT2D eigenvalue weighted by Crippen LogP contribution is -2.18. The Morgan fingerprint density at radius 2 is 2.20 bits per heavy atom. The van der Waals surface area contributed by atoms with Gasteiger partial charge >= 0.3 is 0 Å². The van der Waals surface area contributed by atoms with Crippen LogP contribution < -0.4 is 10.1 Å². The van der Waals surface area contributed by atoms with Crippen LogP contribution >= 0.6 is 0 Å². The minimum atomic E-state index is -0.446. The van der Waals surface area contributed by atoms with E-state index in [1.807, 2.05) is 6.92 Å². The summed E-state index contributed by atoms with van der Waals surface area (Å²) in [6, 6.07) is 7.54. The maximum Gasteiger partial charge on any atom is 0.257 e. The smallest absolute Gasteiger partial charge is 0.257 e. The molecular formula is C19H21FN2O3. The van der Waals surface area contributed by atoms with Crippen LogP contribution in [0, 0.1) is 19.7 Å². The number of benzene rings is 1. The third-order valence-corrected chi connectivity index (χ3v) is 4.11. The maximum atomic E-state index is 13.6. The van der Waals surface area contributed by atoms with Gasteiger partial charge in [0.1, 0.15) is 18.2 Å². The lowest BCUT2D eigenvalue weighted by Gasteiger charge is -2.15. The number of aryl methyl sites for hydroxylation is 2. The number of aromatic nitrogens is 1. The van der Waals surface area contributed by atoms with Crippen LogP contribution in [-0.2, 0) is 4.74 Å². The first-order valence-corrected chi connectivity index (χ1v) is 8.32. The number of anilines is 1. The van der Waals surface area contributed by atoms with Crippen LogP contribution in [0.25, 0.3) is 0 Å². The quantitative estimate of drug-likeness (QED) is 0.899. The third kappa shape index (κ3) is 4.33. The molecule has 2 heterocycles. The summed E-state index contributed by atoms with van der Waals surface area (Å²) in [6.45, 7) is 4.74. The van der Waals surface area contributed by atoms with E-state index in [4.69, 9.17) is 9.47 Å². The second-order valence-corrected chi connectivity index (χ2v) is 6.13. The fourth-order valence-corrected chi connectivity index (χ4v) is 2.80. The average molecular weight is 344 g/mol. The molecule has 1 aliphatic rings. The molecular weight excluding hydrogens is 323 g/mol. The van der Waals surface area contributed by atoms with Gasteiger partial charge in [0.05, 0.1) is 23.0 Å². The molecule has 1 N–H and O–H groups in total. The summed E-state index contributed by atoms with van der Waals surface area (Å²) in [6.07, 6.45) is 2.00. The van der Waals surface area contributed by atoms with Gasteiger partial charge in [-0.25, -0.2) is 4.39 Å². The Balaban J connectivity index is 1.75. The number of hydrogen-bond donors (Lipinski definition) is 1. The Labute approximate surface area is 146 Å². The van der Waals surface area contributed by atoms with E-state index in [1.165, 1.54) is 18.2 Å². The number of pyridine rings is 1. The van der Waals surface area contributed by atoms with Crippen LogP contribution in [0.3, 0.4) is 0 Å². The van der Waals surface area contributed by atoms with Gasteiger partial charge in [0.15, 0.2) is 0 Å². The van der Waals surface area contributed by atoms with Crippen LogP contribution in [0.4, 0.5) is 10.1 Å². The summed E-state index contributed by atoms with van der Waals surface area (Å²) in [5, 5.41) is 2.72. The standard InChI is InChI=1S/C19H21FN2O3/c1-12-5-7-16(13(2)21-12)19(23)22-17-10-14(20)6-8-18(17)25-11-15-4-3-9-24-15/h5-8,10,15H,3-4,9,11H2,1-2H3,(H,22,23)/t15-/m1/s1. The molecule has 0 bridgehead atoms. The number of carbonyl (C=O) groups excluding carboxylic acids is 1. The van der Waals surface area contributed by atoms with Crippen molar-refractivity contribution in [1.29, 1.82) is 0 Å². The van der Waals surface area contributed by atoms with Crippen molar-refractivity contribution in [2.24, 2.45) is 0 Å². The predicted octanol–water partition coefficient (Wildman–Crippen LogP) is 3.65. The fourth-order valence-electron chi connectivity index (χ4n) is 2.80. The van der Waals surface area contributed by atoms with Crippen LogP contribution in [-0.4, -0.2) is 30.2 Å². The summed E-state index contributed by atoms with van der Waals surface area (Å²) in [5.74, 6) is -0.376. The molecule has 132 valence electrons. The molecule has 0 unspecified atom stereocenters. The topological polar surface area (TPSA) is 60.5 Å². The molecule has 1 aromatic carbocycles. The monoisotopic (exact) mass is 344 g/mol. The van der Waals surface area contributed by atoms with E-state index < -0.39 is 5.82 Å². The summed E-state index contributed by atoms with van der Waals surface area (Å²) in [7, 11) is 0. The number of rotatable bonds is 5. The van der Waals surface area contributed by atoms with Crippen molar-refractivity contribution in [1.82, 2.24) is 4.98 Å². The summed E-state index contributed by atoms with van der Waals surface area (Å²) in [4.78, 5) is 16.8. The maximum absolute atomic E-state index is 13.6. The highest BCUT2D eigenvalue weighted by atomic mass is 19.1. The second-order valence-electron chi connectivity index (χ2n) is 6.13. The number of ether oxygens (including phenoxy) is 2. The molecule has 1 fully saturated rings. The van der Waals surface area contributed by atoms with E-state index in [9.17, 15) is 9.18 Å². The van der Waals surface area contributed by atoms with Gasteiger partial charge in [0, 0.05) is 18.4 Å². The Morgan fingerprint density at radius 1 is 1.36 bits per heavy atom. The zero-order chi connectivity index (χ0) is 17.8. The van der Waals surface area contributed by atoms with E-state index >= 15 is 0 Å². The molecule has 1 amide bonds. The van der Waals surface area contributed by atoms with Gasteiger partial charge < -0.3 is 14.8 Å². The van der Waals surface area contributed by atoms with Gasteiger partial charge in [-0.05, 0) is 51.0 Å². The van der Waals surface area contributed by atoms with E-state index in [2.05, 4.69) is 10.3 Å². The molecule has 0 aliphatic carbocycles. The lowest BCUT2D eigenvalue weighted by molar-refractivity contribution is 0.0681. The highest BCUT2D eigenvalue weighted by Crippen LogP contribution is 2.27. The van der Waals surface area contributed by atoms with Crippen molar-refractivity contribution in [2.75, 3.05) is 18.5 Å². The molecule has 3 rings (SSSR count). The summed E-state index contributed by atoms with van der Waals surface area (Å²) < 4.78 is 24.9. The van der Waals surface area contributed by atoms with Gasteiger partial charge in [-0.3, -0.25) is 9.78 Å². The summed E-state index contributed by atoms with van der Waals surface area (Å²) in [5.41, 5.74) is 2.19. The van der Waals surface area contributed by atoms with Crippen molar-refractivity contribution in [2.45, 2.75) is 32.8 Å². The molecule has 2 aromatic rings. The van der Waals surface area contributed by atoms with E-state index in [0.29, 0.717) is 29.3 Å². The lowest BCUT2D eigenvalue weighted by atomic mass is 10.1. The van der Waals surface area contributed by atoms with Crippen LogP contribution in [0.15, 0.2) is 30.3 Å². The van der Waals surface area contributed by atoms with Crippen LogP contribution in [0.2, 0.25) is 0 Å². The minimum absolute atomic E-state index is 0.0390. The Kier molecular flexibility index (Phi) is 5.28. The van der Waals surface area contributed by atoms with Gasteiger partial charge in [0.2, 0.25) is 0 Å². The molecule has 1 aromatic heterocycles. The van der Waals surface area contributed by atoms with Gasteiger partial charge in [-0.2, -0.15) is 0 Å². The van der Waals surface area contributed by atoms with E-state index in [1.54, 1.807) is 19.1 Å². The van der Waals surface area contributed by atoms with Gasteiger partial charge in [-0.15, -0.1) is 0 Å². The minimum Gasteiger partial charge on any atom is -0.489 e. The average Bonchev–Trinajstić information content (AvgIpc) is 3.07. The third-order valence-electron chi connectivity index (χ3n) is 4.11. The number of nitrogens with zero attached hydrogens (tertiary/aromatic N) is 1. The Morgan fingerprint density at radius 3 is 2.92 bits per heavy atom. The Bertz CT molecular complexity index is 773. The highest BCUT2D eigenvalue weighted by Gasteiger charge is 2.18. The molecule has 6 heteroatoms. The fraction of sp³-hybridized carbons (Fsp3) is 0.368. The van der Waals surface area contributed by atoms with Crippen LogP contribution in [0.5, 0.6) is 5.75 Å². The zero-order valence-corrected chi connectivity index (χ0v) is 14.3. The van der Waals surface area contributed by atoms with Crippen molar-refractivity contribution in [3.8, 4) is 5.75 Å². The number of halogens is 1. The number of nitrogens with one attached hydrogen (secondary N) is 1. The van der Waals surface area contributed by atoms with E-state index in [-0.39, 0.29) is 12.0 Å². The number of amides is 1. The normalized spacial score (nSPS) is 16.7. The number of carbonyl (C=O) groups is 1.